The van der Waals surface area contributed by atoms with Crippen LogP contribution in [0.15, 0.2) is 35.1 Å². The number of hydrogen-bond donors (Lipinski definition) is 2. The Labute approximate surface area is 158 Å². The van der Waals surface area contributed by atoms with Crippen molar-refractivity contribution < 1.29 is 0 Å². The molecule has 2 N–H and O–H groups in total. The van der Waals surface area contributed by atoms with Gasteiger partial charge in [-0.2, -0.15) is 5.10 Å². The molecule has 140 valence electrons. The fourth-order valence-corrected chi connectivity index (χ4v) is 4.52. The normalized spacial score (nSPS) is 22.5. The molecule has 2 aliphatic carbocycles. The number of benzene rings is 1. The van der Waals surface area contributed by atoms with Crippen molar-refractivity contribution in [2.75, 3.05) is 5.32 Å². The van der Waals surface area contributed by atoms with Crippen LogP contribution >= 0.6 is 0 Å². The zero-order chi connectivity index (χ0) is 18.2. The predicted molar refractivity (Wildman–Crippen MR) is 106 cm³/mol. The number of rotatable bonds is 3. The van der Waals surface area contributed by atoms with Crippen LogP contribution in [0, 0.1) is 0 Å². The van der Waals surface area contributed by atoms with Gasteiger partial charge in [-0.3, -0.25) is 4.79 Å². The summed E-state index contributed by atoms with van der Waals surface area (Å²) in [5.41, 5.74) is 4.42. The molecule has 0 saturated heterocycles. The number of nitrogens with zero attached hydrogens (tertiary/aromatic N) is 3. The van der Waals surface area contributed by atoms with Crippen molar-refractivity contribution in [2.24, 2.45) is 0 Å². The van der Waals surface area contributed by atoms with Gasteiger partial charge in [0.15, 0.2) is 0 Å². The van der Waals surface area contributed by atoms with Crippen molar-refractivity contribution in [1.29, 1.82) is 0 Å². The first kappa shape index (κ1) is 16.5. The fraction of sp³-hybridized carbons (Fsp3) is 0.476. The summed E-state index contributed by atoms with van der Waals surface area (Å²) in [7, 11) is 0. The van der Waals surface area contributed by atoms with E-state index < -0.39 is 0 Å². The molecule has 2 aromatic heterocycles. The largest absolute Gasteiger partial charge is 0.353 e. The van der Waals surface area contributed by atoms with E-state index in [1.54, 1.807) is 4.68 Å². The summed E-state index contributed by atoms with van der Waals surface area (Å²) in [5, 5.41) is 8.27. The highest BCUT2D eigenvalue weighted by Crippen LogP contribution is 2.29. The molecule has 1 aromatic carbocycles. The van der Waals surface area contributed by atoms with Gasteiger partial charge in [-0.05, 0) is 69.1 Å². The van der Waals surface area contributed by atoms with E-state index in [2.05, 4.69) is 15.3 Å². The summed E-state index contributed by atoms with van der Waals surface area (Å²) in [6.45, 7) is 0. The SMILES string of the molecule is O=c1cc2c(nn1C1CCC(Nc3nc4ccccc4[nH]3)CC1)CCCC2. The Kier molecular flexibility index (Phi) is 4.19. The molecule has 2 heterocycles. The quantitative estimate of drug-likeness (QED) is 0.746. The third-order valence-corrected chi connectivity index (χ3v) is 6.01. The van der Waals surface area contributed by atoms with Crippen molar-refractivity contribution in [2.45, 2.75) is 63.5 Å². The van der Waals surface area contributed by atoms with Crippen LogP contribution in [0.1, 0.15) is 55.8 Å². The molecule has 0 atom stereocenters. The summed E-state index contributed by atoms with van der Waals surface area (Å²) in [6, 6.07) is 10.5. The van der Waals surface area contributed by atoms with Crippen molar-refractivity contribution in [3.63, 3.8) is 0 Å². The second-order valence-corrected chi connectivity index (χ2v) is 7.86. The Morgan fingerprint density at radius 3 is 2.74 bits per heavy atom. The van der Waals surface area contributed by atoms with Gasteiger partial charge >= 0.3 is 0 Å². The van der Waals surface area contributed by atoms with E-state index in [9.17, 15) is 4.79 Å². The Morgan fingerprint density at radius 1 is 1.07 bits per heavy atom. The standard InChI is InChI=1S/C21H25N5O/c27-20-13-14-5-1-2-6-17(14)25-26(20)16-11-9-15(10-12-16)22-21-23-18-7-3-4-8-19(18)24-21/h3-4,7-8,13,15-16H,1-2,5-6,9-12H2,(H2,22,23,24). The van der Waals surface area contributed by atoms with E-state index in [0.29, 0.717) is 6.04 Å². The number of hydrogen-bond acceptors (Lipinski definition) is 4. The van der Waals surface area contributed by atoms with Gasteiger partial charge in [0.05, 0.1) is 22.8 Å². The van der Waals surface area contributed by atoms with Crippen molar-refractivity contribution in [1.82, 2.24) is 19.7 Å². The van der Waals surface area contributed by atoms with Crippen molar-refractivity contribution in [3.05, 3.63) is 51.9 Å². The summed E-state index contributed by atoms with van der Waals surface area (Å²) in [5.74, 6) is 0.837. The minimum Gasteiger partial charge on any atom is -0.353 e. The van der Waals surface area contributed by atoms with Gasteiger partial charge in [-0.1, -0.05) is 12.1 Å². The van der Waals surface area contributed by atoms with Gasteiger partial charge in [0.2, 0.25) is 5.95 Å². The van der Waals surface area contributed by atoms with Crippen molar-refractivity contribution in [3.8, 4) is 0 Å². The Balaban J connectivity index is 1.27. The predicted octanol–water partition coefficient (Wildman–Crippen LogP) is 3.59. The molecule has 1 saturated carbocycles. The molecule has 6 nitrogen and oxygen atoms in total. The number of para-hydroxylation sites is 2. The lowest BCUT2D eigenvalue weighted by molar-refractivity contribution is 0.300. The number of aryl methyl sites for hydroxylation is 2. The Morgan fingerprint density at radius 2 is 1.89 bits per heavy atom. The molecule has 2 aliphatic rings. The second kappa shape index (κ2) is 6.83. The van der Waals surface area contributed by atoms with Gasteiger partial charge in [-0.25, -0.2) is 9.67 Å². The molecule has 0 amide bonds. The number of aromatic nitrogens is 4. The van der Waals surface area contributed by atoms with E-state index in [0.717, 1.165) is 61.2 Å². The van der Waals surface area contributed by atoms with Crippen molar-refractivity contribution >= 4 is 17.0 Å². The molecule has 3 aromatic rings. The third-order valence-electron chi connectivity index (χ3n) is 6.01. The molecular formula is C21H25N5O. The number of fused-ring (bicyclic) bond motifs is 2. The molecule has 0 bridgehead atoms. The first-order chi connectivity index (χ1) is 13.3. The van der Waals surface area contributed by atoms with Crippen LogP contribution < -0.4 is 10.9 Å². The Hall–Kier alpha value is -2.63. The Bertz CT molecular complexity index is 980. The maximum Gasteiger partial charge on any atom is 0.267 e. The summed E-state index contributed by atoms with van der Waals surface area (Å²) in [6.07, 6.45) is 8.38. The van der Waals surface area contributed by atoms with Gasteiger partial charge in [0, 0.05) is 12.1 Å². The number of H-pyrrole nitrogens is 1. The maximum absolute atomic E-state index is 12.5. The van der Waals surface area contributed by atoms with Crippen LogP contribution in [0.4, 0.5) is 5.95 Å². The van der Waals surface area contributed by atoms with Gasteiger partial charge in [0.1, 0.15) is 0 Å². The molecule has 5 rings (SSSR count). The highest BCUT2D eigenvalue weighted by molar-refractivity contribution is 5.77. The molecule has 0 unspecified atom stereocenters. The van der Waals surface area contributed by atoms with Crippen LogP contribution in [-0.4, -0.2) is 25.8 Å². The minimum absolute atomic E-state index is 0.0735. The molecular weight excluding hydrogens is 338 g/mol. The summed E-state index contributed by atoms with van der Waals surface area (Å²) >= 11 is 0. The van der Waals surface area contributed by atoms with Crippen LogP contribution in [0.25, 0.3) is 11.0 Å². The molecule has 0 radical (unpaired) electrons. The average molecular weight is 363 g/mol. The highest BCUT2D eigenvalue weighted by Gasteiger charge is 2.25. The van der Waals surface area contributed by atoms with Gasteiger partial charge < -0.3 is 10.3 Å². The number of anilines is 1. The topological polar surface area (TPSA) is 75.6 Å². The van der Waals surface area contributed by atoms with E-state index in [-0.39, 0.29) is 11.6 Å². The molecule has 27 heavy (non-hydrogen) atoms. The van der Waals surface area contributed by atoms with Crippen LogP contribution in [-0.2, 0) is 12.8 Å². The number of aromatic amines is 1. The number of imidazole rings is 1. The molecule has 6 heteroatoms. The summed E-state index contributed by atoms with van der Waals surface area (Å²) < 4.78 is 1.77. The van der Waals surface area contributed by atoms with Gasteiger partial charge in [-0.15, -0.1) is 0 Å². The first-order valence-electron chi connectivity index (χ1n) is 10.1. The fourth-order valence-electron chi connectivity index (χ4n) is 4.52. The number of nitrogens with one attached hydrogen (secondary N) is 2. The smallest absolute Gasteiger partial charge is 0.267 e. The van der Waals surface area contributed by atoms with E-state index in [1.165, 1.54) is 18.4 Å². The zero-order valence-electron chi connectivity index (χ0n) is 15.4. The van der Waals surface area contributed by atoms with E-state index in [1.807, 2.05) is 30.3 Å². The van der Waals surface area contributed by atoms with E-state index >= 15 is 0 Å². The van der Waals surface area contributed by atoms with Crippen LogP contribution in [0.5, 0.6) is 0 Å². The molecule has 0 spiro atoms. The lowest BCUT2D eigenvalue weighted by atomic mass is 9.91. The maximum atomic E-state index is 12.5. The average Bonchev–Trinajstić information content (AvgIpc) is 3.10. The van der Waals surface area contributed by atoms with E-state index in [4.69, 9.17) is 5.10 Å². The minimum atomic E-state index is 0.0735. The lowest BCUT2D eigenvalue weighted by Crippen LogP contribution is -2.34. The molecule has 1 fully saturated rings. The van der Waals surface area contributed by atoms with Crippen LogP contribution in [0.2, 0.25) is 0 Å². The monoisotopic (exact) mass is 363 g/mol. The van der Waals surface area contributed by atoms with Gasteiger partial charge in [0.25, 0.3) is 5.56 Å². The second-order valence-electron chi connectivity index (χ2n) is 7.86. The summed E-state index contributed by atoms with van der Waals surface area (Å²) in [4.78, 5) is 20.5. The first-order valence-corrected chi connectivity index (χ1v) is 10.1. The zero-order valence-corrected chi connectivity index (χ0v) is 15.4. The highest BCUT2D eigenvalue weighted by atomic mass is 16.1. The lowest BCUT2D eigenvalue weighted by Gasteiger charge is -2.30. The van der Waals surface area contributed by atoms with Crippen LogP contribution in [0.3, 0.4) is 0 Å². The third kappa shape index (κ3) is 3.24. The molecule has 0 aliphatic heterocycles.